The minimum atomic E-state index is 0.294. The van der Waals surface area contributed by atoms with E-state index in [1.165, 1.54) is 23.1 Å². The van der Waals surface area contributed by atoms with Gasteiger partial charge in [-0.25, -0.2) is 0 Å². The highest BCUT2D eigenvalue weighted by Gasteiger charge is 2.21. The first kappa shape index (κ1) is 14.3. The molecular formula is C18H20ClNO. The zero-order chi connectivity index (χ0) is 14.8. The SMILES string of the molecule is COc1ccc2c(c1)C(Nc1c(C)cccc1Cl)CCC2. The van der Waals surface area contributed by atoms with Gasteiger partial charge < -0.3 is 10.1 Å². The summed E-state index contributed by atoms with van der Waals surface area (Å²) in [7, 11) is 1.71. The monoisotopic (exact) mass is 301 g/mol. The van der Waals surface area contributed by atoms with Crippen LogP contribution in [0, 0.1) is 6.92 Å². The first-order valence-electron chi connectivity index (χ1n) is 7.37. The van der Waals surface area contributed by atoms with Gasteiger partial charge in [-0.2, -0.15) is 0 Å². The van der Waals surface area contributed by atoms with Crippen molar-refractivity contribution in [3.8, 4) is 5.75 Å². The Balaban J connectivity index is 1.95. The molecule has 1 atom stereocenters. The molecule has 0 aromatic heterocycles. The van der Waals surface area contributed by atoms with E-state index >= 15 is 0 Å². The summed E-state index contributed by atoms with van der Waals surface area (Å²) in [4.78, 5) is 0. The summed E-state index contributed by atoms with van der Waals surface area (Å²) >= 11 is 6.35. The maximum absolute atomic E-state index is 6.35. The molecule has 0 saturated heterocycles. The third kappa shape index (κ3) is 2.86. The maximum Gasteiger partial charge on any atom is 0.119 e. The van der Waals surface area contributed by atoms with Crippen LogP contribution in [-0.2, 0) is 6.42 Å². The molecule has 0 amide bonds. The van der Waals surface area contributed by atoms with Gasteiger partial charge >= 0.3 is 0 Å². The van der Waals surface area contributed by atoms with Gasteiger partial charge in [0.2, 0.25) is 0 Å². The van der Waals surface area contributed by atoms with E-state index in [1.54, 1.807) is 7.11 Å². The van der Waals surface area contributed by atoms with Gasteiger partial charge in [-0.05, 0) is 61.1 Å². The molecule has 0 radical (unpaired) electrons. The lowest BCUT2D eigenvalue weighted by Gasteiger charge is -2.28. The van der Waals surface area contributed by atoms with Crippen LogP contribution in [-0.4, -0.2) is 7.11 Å². The summed E-state index contributed by atoms with van der Waals surface area (Å²) in [6.45, 7) is 2.09. The van der Waals surface area contributed by atoms with E-state index in [2.05, 4.69) is 30.4 Å². The molecule has 1 aliphatic rings. The largest absolute Gasteiger partial charge is 0.497 e. The van der Waals surface area contributed by atoms with Crippen molar-refractivity contribution in [1.82, 2.24) is 0 Å². The molecule has 0 saturated carbocycles. The molecule has 0 aliphatic heterocycles. The molecule has 0 heterocycles. The second-order valence-corrected chi connectivity index (χ2v) is 5.99. The number of rotatable bonds is 3. The maximum atomic E-state index is 6.35. The van der Waals surface area contributed by atoms with E-state index in [1.807, 2.05) is 18.2 Å². The Labute approximate surface area is 131 Å². The second-order valence-electron chi connectivity index (χ2n) is 5.59. The van der Waals surface area contributed by atoms with Crippen LogP contribution in [0.5, 0.6) is 5.75 Å². The van der Waals surface area contributed by atoms with Gasteiger partial charge in [0.15, 0.2) is 0 Å². The fourth-order valence-corrected chi connectivity index (χ4v) is 3.32. The fourth-order valence-electron chi connectivity index (χ4n) is 3.04. The molecule has 0 bridgehead atoms. The Hall–Kier alpha value is -1.67. The van der Waals surface area contributed by atoms with Gasteiger partial charge in [-0.1, -0.05) is 29.8 Å². The number of fused-ring (bicyclic) bond motifs is 1. The summed E-state index contributed by atoms with van der Waals surface area (Å²) in [5.41, 5.74) is 4.96. The number of methoxy groups -OCH3 is 1. The topological polar surface area (TPSA) is 21.3 Å². The van der Waals surface area contributed by atoms with E-state index in [0.29, 0.717) is 6.04 Å². The Morgan fingerprint density at radius 1 is 1.24 bits per heavy atom. The van der Waals surface area contributed by atoms with Gasteiger partial charge in [-0.3, -0.25) is 0 Å². The highest BCUT2D eigenvalue weighted by Crippen LogP contribution is 2.37. The Morgan fingerprint density at radius 2 is 2.10 bits per heavy atom. The van der Waals surface area contributed by atoms with Gasteiger partial charge in [0.05, 0.1) is 23.9 Å². The van der Waals surface area contributed by atoms with Crippen molar-refractivity contribution in [2.75, 3.05) is 12.4 Å². The molecule has 2 nitrogen and oxygen atoms in total. The van der Waals surface area contributed by atoms with Crippen molar-refractivity contribution < 1.29 is 4.74 Å². The van der Waals surface area contributed by atoms with Crippen LogP contribution in [0.25, 0.3) is 0 Å². The zero-order valence-corrected chi connectivity index (χ0v) is 13.2. The van der Waals surface area contributed by atoms with Crippen molar-refractivity contribution in [2.45, 2.75) is 32.2 Å². The van der Waals surface area contributed by atoms with Gasteiger partial charge in [0.1, 0.15) is 5.75 Å². The van der Waals surface area contributed by atoms with Crippen LogP contribution in [0.3, 0.4) is 0 Å². The summed E-state index contributed by atoms with van der Waals surface area (Å²) in [5.74, 6) is 0.915. The number of aryl methyl sites for hydroxylation is 2. The molecule has 0 fully saturated rings. The highest BCUT2D eigenvalue weighted by atomic mass is 35.5. The van der Waals surface area contributed by atoms with Gasteiger partial charge in [-0.15, -0.1) is 0 Å². The van der Waals surface area contributed by atoms with Gasteiger partial charge in [0.25, 0.3) is 0 Å². The van der Waals surface area contributed by atoms with Crippen LogP contribution >= 0.6 is 11.6 Å². The molecule has 2 aromatic carbocycles. The smallest absolute Gasteiger partial charge is 0.119 e. The van der Waals surface area contributed by atoms with E-state index in [0.717, 1.165) is 29.3 Å². The fraction of sp³-hybridized carbons (Fsp3) is 0.333. The van der Waals surface area contributed by atoms with Crippen LogP contribution in [0.15, 0.2) is 36.4 Å². The van der Waals surface area contributed by atoms with E-state index in [4.69, 9.17) is 16.3 Å². The Morgan fingerprint density at radius 3 is 2.86 bits per heavy atom. The number of para-hydroxylation sites is 1. The molecule has 1 N–H and O–H groups in total. The van der Waals surface area contributed by atoms with E-state index < -0.39 is 0 Å². The van der Waals surface area contributed by atoms with Crippen LogP contribution < -0.4 is 10.1 Å². The number of anilines is 1. The lowest BCUT2D eigenvalue weighted by molar-refractivity contribution is 0.413. The average Bonchev–Trinajstić information content (AvgIpc) is 2.50. The van der Waals surface area contributed by atoms with Gasteiger partial charge in [0, 0.05) is 0 Å². The number of hydrogen-bond donors (Lipinski definition) is 1. The number of hydrogen-bond acceptors (Lipinski definition) is 2. The summed E-state index contributed by atoms with van der Waals surface area (Å²) in [6, 6.07) is 12.7. The number of halogens is 1. The molecular weight excluding hydrogens is 282 g/mol. The number of benzene rings is 2. The second kappa shape index (κ2) is 5.98. The minimum Gasteiger partial charge on any atom is -0.497 e. The normalized spacial score (nSPS) is 17.2. The first-order chi connectivity index (χ1) is 10.2. The lowest BCUT2D eigenvalue weighted by atomic mass is 9.87. The Bertz CT molecular complexity index is 633. The van der Waals surface area contributed by atoms with Crippen LogP contribution in [0.4, 0.5) is 5.69 Å². The molecule has 0 spiro atoms. The summed E-state index contributed by atoms with van der Waals surface area (Å²) < 4.78 is 5.37. The van der Waals surface area contributed by atoms with Crippen molar-refractivity contribution in [3.05, 3.63) is 58.1 Å². The molecule has 3 rings (SSSR count). The molecule has 1 aliphatic carbocycles. The first-order valence-corrected chi connectivity index (χ1v) is 7.75. The standard InChI is InChI=1S/C18H20ClNO/c1-12-5-3-7-16(19)18(12)20-17-8-4-6-13-9-10-14(21-2)11-15(13)17/h3,5,7,9-11,17,20H,4,6,8H2,1-2H3. The number of nitrogens with one attached hydrogen (secondary N) is 1. The summed E-state index contributed by atoms with van der Waals surface area (Å²) in [6.07, 6.45) is 3.45. The lowest BCUT2D eigenvalue weighted by Crippen LogP contribution is -2.18. The number of ether oxygens (including phenoxy) is 1. The predicted octanol–water partition coefficient (Wildman–Crippen LogP) is 5.15. The molecule has 1 unspecified atom stereocenters. The highest BCUT2D eigenvalue weighted by molar-refractivity contribution is 6.33. The van der Waals surface area contributed by atoms with Crippen molar-refractivity contribution in [1.29, 1.82) is 0 Å². The van der Waals surface area contributed by atoms with E-state index in [-0.39, 0.29) is 0 Å². The average molecular weight is 302 g/mol. The Kier molecular flexibility index (Phi) is 4.07. The molecule has 2 aromatic rings. The third-order valence-electron chi connectivity index (χ3n) is 4.21. The predicted molar refractivity (Wildman–Crippen MR) is 88.5 cm³/mol. The van der Waals surface area contributed by atoms with Crippen LogP contribution in [0.2, 0.25) is 5.02 Å². The molecule has 21 heavy (non-hydrogen) atoms. The van der Waals surface area contributed by atoms with Crippen molar-refractivity contribution in [2.24, 2.45) is 0 Å². The third-order valence-corrected chi connectivity index (χ3v) is 4.52. The quantitative estimate of drug-likeness (QED) is 0.847. The minimum absolute atomic E-state index is 0.294. The van der Waals surface area contributed by atoms with Crippen molar-refractivity contribution >= 4 is 17.3 Å². The molecule has 3 heteroatoms. The zero-order valence-electron chi connectivity index (χ0n) is 12.4. The van der Waals surface area contributed by atoms with E-state index in [9.17, 15) is 0 Å². The van der Waals surface area contributed by atoms with Crippen LogP contribution in [0.1, 0.15) is 35.6 Å². The summed E-state index contributed by atoms with van der Waals surface area (Å²) in [5, 5.41) is 4.42. The van der Waals surface area contributed by atoms with Crippen molar-refractivity contribution in [3.63, 3.8) is 0 Å². The molecule has 110 valence electrons.